The van der Waals surface area contributed by atoms with E-state index in [9.17, 15) is 0 Å². The molecule has 1 aliphatic heterocycles. The van der Waals surface area contributed by atoms with Crippen molar-refractivity contribution >= 4 is 16.6 Å². The van der Waals surface area contributed by atoms with Crippen LogP contribution in [0, 0.1) is 0 Å². The Morgan fingerprint density at radius 1 is 1.05 bits per heavy atom. The third kappa shape index (κ3) is 1.49. The van der Waals surface area contributed by atoms with Gasteiger partial charge in [0.15, 0.2) is 0 Å². The third-order valence-corrected chi connectivity index (χ3v) is 4.23. The second kappa shape index (κ2) is 3.89. The smallest absolute Gasteiger partial charge is 0.0601 e. The van der Waals surface area contributed by atoms with Gasteiger partial charge in [-0.2, -0.15) is 0 Å². The molecule has 2 nitrogen and oxygen atoms in total. The fourth-order valence-electron chi connectivity index (χ4n) is 3.23. The number of nitrogens with one attached hydrogen (secondary N) is 1. The summed E-state index contributed by atoms with van der Waals surface area (Å²) in [6, 6.07) is 17.7. The minimum atomic E-state index is 0.438. The first-order valence-corrected chi connectivity index (χ1v) is 6.71. The Kier molecular flexibility index (Phi) is 2.18. The molecule has 1 N–H and O–H groups in total. The summed E-state index contributed by atoms with van der Waals surface area (Å²) in [5.74, 6) is 0. The lowest BCUT2D eigenvalue weighted by Gasteiger charge is -2.22. The Morgan fingerprint density at radius 3 is 2.74 bits per heavy atom. The third-order valence-electron chi connectivity index (χ3n) is 4.23. The Labute approximate surface area is 112 Å². The number of para-hydroxylation sites is 2. The van der Waals surface area contributed by atoms with Gasteiger partial charge >= 0.3 is 0 Å². The largest absolute Gasteiger partial charge is 0.367 e. The van der Waals surface area contributed by atoms with Gasteiger partial charge in [0.1, 0.15) is 0 Å². The maximum absolute atomic E-state index is 3.39. The maximum atomic E-state index is 3.39. The SMILES string of the molecule is CN1c2ccccc2CC1c1c[nH]c2ccccc12. The van der Waals surface area contributed by atoms with Gasteiger partial charge < -0.3 is 9.88 Å². The summed E-state index contributed by atoms with van der Waals surface area (Å²) >= 11 is 0. The lowest BCUT2D eigenvalue weighted by atomic mass is 10.0. The van der Waals surface area contributed by atoms with E-state index in [0.717, 1.165) is 6.42 Å². The molecule has 1 aromatic heterocycles. The van der Waals surface area contributed by atoms with Crippen LogP contribution in [0.2, 0.25) is 0 Å². The first-order valence-electron chi connectivity index (χ1n) is 6.71. The van der Waals surface area contributed by atoms with E-state index in [1.54, 1.807) is 0 Å². The van der Waals surface area contributed by atoms with Gasteiger partial charge in [0.25, 0.3) is 0 Å². The molecule has 4 rings (SSSR count). The Morgan fingerprint density at radius 2 is 1.84 bits per heavy atom. The number of benzene rings is 2. The van der Waals surface area contributed by atoms with Crippen LogP contribution in [-0.2, 0) is 6.42 Å². The molecule has 94 valence electrons. The molecule has 1 atom stereocenters. The Bertz CT molecular complexity index is 742. The van der Waals surface area contributed by atoms with E-state index < -0.39 is 0 Å². The van der Waals surface area contributed by atoms with Gasteiger partial charge in [-0.05, 0) is 24.1 Å². The number of anilines is 1. The van der Waals surface area contributed by atoms with Crippen LogP contribution < -0.4 is 4.90 Å². The van der Waals surface area contributed by atoms with Gasteiger partial charge in [-0.3, -0.25) is 0 Å². The number of nitrogens with zero attached hydrogens (tertiary/aromatic N) is 1. The van der Waals surface area contributed by atoms with E-state index in [1.165, 1.54) is 27.7 Å². The van der Waals surface area contributed by atoms with E-state index >= 15 is 0 Å². The number of fused-ring (bicyclic) bond motifs is 2. The number of H-pyrrole nitrogens is 1. The molecule has 1 unspecified atom stereocenters. The predicted molar refractivity (Wildman–Crippen MR) is 79.6 cm³/mol. The highest BCUT2D eigenvalue weighted by Gasteiger charge is 2.28. The summed E-state index contributed by atoms with van der Waals surface area (Å²) < 4.78 is 0. The van der Waals surface area contributed by atoms with Crippen molar-refractivity contribution in [1.82, 2.24) is 4.98 Å². The second-order valence-electron chi connectivity index (χ2n) is 5.25. The molecule has 2 heteroatoms. The zero-order chi connectivity index (χ0) is 12.8. The molecule has 1 aliphatic rings. The van der Waals surface area contributed by atoms with Crippen molar-refractivity contribution in [2.75, 3.05) is 11.9 Å². The van der Waals surface area contributed by atoms with Crippen LogP contribution in [0.5, 0.6) is 0 Å². The molecule has 0 amide bonds. The summed E-state index contributed by atoms with van der Waals surface area (Å²) in [7, 11) is 2.19. The highest BCUT2D eigenvalue weighted by molar-refractivity contribution is 5.84. The monoisotopic (exact) mass is 248 g/mol. The zero-order valence-corrected chi connectivity index (χ0v) is 10.9. The molecular weight excluding hydrogens is 232 g/mol. The lowest BCUT2D eigenvalue weighted by Crippen LogP contribution is -2.19. The van der Waals surface area contributed by atoms with Crippen molar-refractivity contribution in [3.05, 3.63) is 65.9 Å². The van der Waals surface area contributed by atoms with Crippen molar-refractivity contribution in [3.8, 4) is 0 Å². The molecule has 0 spiro atoms. The number of rotatable bonds is 1. The molecule has 2 heterocycles. The van der Waals surface area contributed by atoms with Crippen LogP contribution >= 0.6 is 0 Å². The number of hydrogen-bond acceptors (Lipinski definition) is 1. The summed E-state index contributed by atoms with van der Waals surface area (Å²) in [5, 5.41) is 1.34. The van der Waals surface area contributed by atoms with Gasteiger partial charge in [0.2, 0.25) is 0 Å². The molecule has 0 saturated carbocycles. The predicted octanol–water partition coefficient (Wildman–Crippen LogP) is 3.90. The second-order valence-corrected chi connectivity index (χ2v) is 5.25. The minimum Gasteiger partial charge on any atom is -0.367 e. The molecule has 0 radical (unpaired) electrons. The van der Waals surface area contributed by atoms with Gasteiger partial charge in [0, 0.05) is 35.4 Å². The van der Waals surface area contributed by atoms with E-state index in [-0.39, 0.29) is 0 Å². The Hall–Kier alpha value is -2.22. The molecule has 0 aliphatic carbocycles. The quantitative estimate of drug-likeness (QED) is 0.692. The lowest BCUT2D eigenvalue weighted by molar-refractivity contribution is 0.722. The number of aromatic nitrogens is 1. The molecule has 19 heavy (non-hydrogen) atoms. The maximum Gasteiger partial charge on any atom is 0.0601 e. The first kappa shape index (κ1) is 10.7. The summed E-state index contributed by atoms with van der Waals surface area (Å²) in [6.45, 7) is 0. The number of hydrogen-bond donors (Lipinski definition) is 1. The van der Waals surface area contributed by atoms with Crippen LogP contribution in [0.25, 0.3) is 10.9 Å². The molecule has 3 aromatic rings. The number of aromatic amines is 1. The summed E-state index contributed by atoms with van der Waals surface area (Å²) in [4.78, 5) is 5.78. The molecule has 2 aromatic carbocycles. The van der Waals surface area contributed by atoms with Crippen molar-refractivity contribution in [2.24, 2.45) is 0 Å². The first-order chi connectivity index (χ1) is 9.34. The van der Waals surface area contributed by atoms with Gasteiger partial charge in [-0.1, -0.05) is 36.4 Å². The van der Waals surface area contributed by atoms with E-state index in [1.807, 2.05) is 0 Å². The summed E-state index contributed by atoms with van der Waals surface area (Å²) in [5.41, 5.74) is 5.43. The molecular formula is C17H16N2. The fraction of sp³-hybridized carbons (Fsp3) is 0.176. The standard InChI is InChI=1S/C17H16N2/c1-19-16-9-5-2-6-12(16)10-17(19)14-11-18-15-8-4-3-7-13(14)15/h2-9,11,17-18H,10H2,1H3. The fourth-order valence-corrected chi connectivity index (χ4v) is 3.23. The molecule has 0 bridgehead atoms. The van der Waals surface area contributed by atoms with Crippen molar-refractivity contribution in [3.63, 3.8) is 0 Å². The van der Waals surface area contributed by atoms with Gasteiger partial charge in [-0.15, -0.1) is 0 Å². The van der Waals surface area contributed by atoms with E-state index in [0.29, 0.717) is 6.04 Å². The van der Waals surface area contributed by atoms with Crippen LogP contribution in [0.3, 0.4) is 0 Å². The van der Waals surface area contributed by atoms with Crippen LogP contribution in [0.4, 0.5) is 5.69 Å². The molecule has 0 fully saturated rings. The van der Waals surface area contributed by atoms with E-state index in [2.05, 4.69) is 71.7 Å². The van der Waals surface area contributed by atoms with Crippen LogP contribution in [0.15, 0.2) is 54.7 Å². The van der Waals surface area contributed by atoms with Crippen molar-refractivity contribution in [1.29, 1.82) is 0 Å². The van der Waals surface area contributed by atoms with Crippen molar-refractivity contribution < 1.29 is 0 Å². The highest BCUT2D eigenvalue weighted by atomic mass is 15.2. The molecule has 0 saturated heterocycles. The average Bonchev–Trinajstić information content (AvgIpc) is 3.01. The minimum absolute atomic E-state index is 0.438. The Balaban J connectivity index is 1.83. The van der Waals surface area contributed by atoms with Crippen LogP contribution in [-0.4, -0.2) is 12.0 Å². The van der Waals surface area contributed by atoms with Gasteiger partial charge in [-0.25, -0.2) is 0 Å². The zero-order valence-electron chi connectivity index (χ0n) is 10.9. The highest BCUT2D eigenvalue weighted by Crippen LogP contribution is 2.40. The summed E-state index contributed by atoms with van der Waals surface area (Å²) in [6.07, 6.45) is 3.26. The van der Waals surface area contributed by atoms with Crippen LogP contribution in [0.1, 0.15) is 17.2 Å². The average molecular weight is 248 g/mol. The van der Waals surface area contributed by atoms with E-state index in [4.69, 9.17) is 0 Å². The van der Waals surface area contributed by atoms with Gasteiger partial charge in [0.05, 0.1) is 6.04 Å². The topological polar surface area (TPSA) is 19.0 Å². The van der Waals surface area contributed by atoms with Crippen molar-refractivity contribution in [2.45, 2.75) is 12.5 Å². The number of likely N-dealkylation sites (N-methyl/N-ethyl adjacent to an activating group) is 1. The normalized spacial score (nSPS) is 17.9.